The van der Waals surface area contributed by atoms with E-state index in [0.29, 0.717) is 18.0 Å². The van der Waals surface area contributed by atoms with Crippen molar-refractivity contribution in [3.63, 3.8) is 0 Å². The van der Waals surface area contributed by atoms with Gasteiger partial charge in [-0.25, -0.2) is 0 Å². The first kappa shape index (κ1) is 13.7. The highest BCUT2D eigenvalue weighted by Gasteiger charge is 2.17. The Bertz CT molecular complexity index is 433. The molecular weight excluding hydrogens is 312 g/mol. The molecule has 0 saturated carbocycles. The van der Waals surface area contributed by atoms with Gasteiger partial charge in [0.25, 0.3) is 0 Å². The third-order valence-corrected chi connectivity index (χ3v) is 4.83. The molecule has 0 bridgehead atoms. The summed E-state index contributed by atoms with van der Waals surface area (Å²) in [5.74, 6) is 3.02. The molecule has 0 aromatic heterocycles. The van der Waals surface area contributed by atoms with Crippen LogP contribution in [0.15, 0.2) is 22.7 Å². The van der Waals surface area contributed by atoms with Gasteiger partial charge in [0.1, 0.15) is 0 Å². The number of nitrogens with two attached hydrogens (primary N) is 1. The van der Waals surface area contributed by atoms with Gasteiger partial charge in [0.15, 0.2) is 0 Å². The van der Waals surface area contributed by atoms with Crippen LogP contribution in [0.1, 0.15) is 19.3 Å². The number of anilines is 2. The molecule has 18 heavy (non-hydrogen) atoms. The number of hydrogen-bond donors (Lipinski definition) is 2. The van der Waals surface area contributed by atoms with Crippen LogP contribution < -0.4 is 11.1 Å². The maximum atomic E-state index is 11.9. The Hall–Kier alpha value is -0.680. The number of nitrogen functional groups attached to an aromatic ring is 1. The number of amides is 1. The second-order valence-corrected chi connectivity index (χ2v) is 6.62. The molecule has 1 amide bonds. The lowest BCUT2D eigenvalue weighted by Gasteiger charge is -2.20. The van der Waals surface area contributed by atoms with Crippen molar-refractivity contribution in [3.8, 4) is 0 Å². The lowest BCUT2D eigenvalue weighted by molar-refractivity contribution is -0.117. The summed E-state index contributed by atoms with van der Waals surface area (Å²) in [6, 6.07) is 5.45. The van der Waals surface area contributed by atoms with E-state index in [4.69, 9.17) is 5.73 Å². The molecule has 1 heterocycles. The molecule has 0 radical (unpaired) electrons. The molecule has 1 aromatic carbocycles. The van der Waals surface area contributed by atoms with E-state index in [0.717, 1.165) is 23.0 Å². The first-order valence-electron chi connectivity index (χ1n) is 6.08. The summed E-state index contributed by atoms with van der Waals surface area (Å²) in [5, 5.41) is 2.93. The second-order valence-electron chi connectivity index (χ2n) is 4.54. The SMILES string of the molecule is Nc1ccc(NC(=O)CC2CCSCC2)cc1Br. The Morgan fingerprint density at radius 3 is 2.83 bits per heavy atom. The lowest BCUT2D eigenvalue weighted by Crippen LogP contribution is -2.19. The van der Waals surface area contributed by atoms with Gasteiger partial charge in [-0.3, -0.25) is 4.79 Å². The van der Waals surface area contributed by atoms with E-state index >= 15 is 0 Å². The molecule has 3 N–H and O–H groups in total. The van der Waals surface area contributed by atoms with Crippen molar-refractivity contribution >= 4 is 45.0 Å². The number of nitrogens with one attached hydrogen (secondary N) is 1. The van der Waals surface area contributed by atoms with Crippen LogP contribution in [-0.4, -0.2) is 17.4 Å². The van der Waals surface area contributed by atoms with Crippen LogP contribution in [0.5, 0.6) is 0 Å². The van der Waals surface area contributed by atoms with E-state index in [9.17, 15) is 4.79 Å². The highest BCUT2D eigenvalue weighted by molar-refractivity contribution is 9.10. The summed E-state index contributed by atoms with van der Waals surface area (Å²) in [4.78, 5) is 11.9. The largest absolute Gasteiger partial charge is 0.398 e. The van der Waals surface area contributed by atoms with E-state index in [1.807, 2.05) is 23.9 Å². The molecule has 0 atom stereocenters. The summed E-state index contributed by atoms with van der Waals surface area (Å²) in [7, 11) is 0. The van der Waals surface area contributed by atoms with E-state index in [-0.39, 0.29) is 5.91 Å². The molecular formula is C13H17BrN2OS. The van der Waals surface area contributed by atoms with Gasteiger partial charge >= 0.3 is 0 Å². The van der Waals surface area contributed by atoms with Crippen LogP contribution in [0.25, 0.3) is 0 Å². The molecule has 2 rings (SSSR count). The fraction of sp³-hybridized carbons (Fsp3) is 0.462. The quantitative estimate of drug-likeness (QED) is 0.835. The summed E-state index contributed by atoms with van der Waals surface area (Å²) < 4.78 is 0.814. The van der Waals surface area contributed by atoms with Gasteiger partial charge in [-0.05, 0) is 64.4 Å². The number of rotatable bonds is 3. The van der Waals surface area contributed by atoms with Crippen molar-refractivity contribution in [1.82, 2.24) is 0 Å². The molecule has 0 spiro atoms. The van der Waals surface area contributed by atoms with Crippen molar-refractivity contribution < 1.29 is 4.79 Å². The highest BCUT2D eigenvalue weighted by Crippen LogP contribution is 2.26. The maximum Gasteiger partial charge on any atom is 0.224 e. The molecule has 1 saturated heterocycles. The average molecular weight is 329 g/mol. The first-order chi connectivity index (χ1) is 8.65. The van der Waals surface area contributed by atoms with Crippen LogP contribution >= 0.6 is 27.7 Å². The van der Waals surface area contributed by atoms with E-state index in [1.165, 1.54) is 11.5 Å². The molecule has 1 fully saturated rings. The zero-order valence-electron chi connectivity index (χ0n) is 10.1. The van der Waals surface area contributed by atoms with Gasteiger partial charge in [0.2, 0.25) is 5.91 Å². The van der Waals surface area contributed by atoms with Gasteiger partial charge in [-0.1, -0.05) is 0 Å². The van der Waals surface area contributed by atoms with E-state index in [1.54, 1.807) is 6.07 Å². The fourth-order valence-corrected chi connectivity index (χ4v) is 3.61. The predicted octanol–water partition coefficient (Wildman–Crippen LogP) is 3.50. The number of halogens is 1. The number of carbonyl (C=O) groups excluding carboxylic acids is 1. The zero-order valence-corrected chi connectivity index (χ0v) is 12.5. The molecule has 5 heteroatoms. The standard InChI is InChI=1S/C13H17BrN2OS/c14-11-8-10(1-2-12(11)15)16-13(17)7-9-3-5-18-6-4-9/h1-2,8-9H,3-7,15H2,(H,16,17). The van der Waals surface area contributed by atoms with Gasteiger partial charge in [-0.2, -0.15) is 11.8 Å². The Morgan fingerprint density at radius 1 is 1.44 bits per heavy atom. The first-order valence-corrected chi connectivity index (χ1v) is 8.02. The lowest BCUT2D eigenvalue weighted by atomic mass is 9.98. The van der Waals surface area contributed by atoms with Crippen LogP contribution in [0.4, 0.5) is 11.4 Å². The van der Waals surface area contributed by atoms with Crippen LogP contribution in [0, 0.1) is 5.92 Å². The van der Waals surface area contributed by atoms with Crippen LogP contribution in [0.3, 0.4) is 0 Å². The molecule has 98 valence electrons. The maximum absolute atomic E-state index is 11.9. The summed E-state index contributed by atoms with van der Waals surface area (Å²) in [5.41, 5.74) is 7.18. The number of hydrogen-bond acceptors (Lipinski definition) is 3. The summed E-state index contributed by atoms with van der Waals surface area (Å²) >= 11 is 5.34. The molecule has 1 aliphatic rings. The average Bonchev–Trinajstić information content (AvgIpc) is 2.35. The second kappa shape index (κ2) is 6.48. The van der Waals surface area contributed by atoms with Gasteiger partial charge in [-0.15, -0.1) is 0 Å². The Balaban J connectivity index is 1.88. The third kappa shape index (κ3) is 3.92. The Labute approximate surface area is 120 Å². The minimum atomic E-state index is 0.101. The Kier molecular flexibility index (Phi) is 4.95. The summed E-state index contributed by atoms with van der Waals surface area (Å²) in [6.45, 7) is 0. The monoisotopic (exact) mass is 328 g/mol. The third-order valence-electron chi connectivity index (χ3n) is 3.10. The fourth-order valence-electron chi connectivity index (χ4n) is 2.03. The van der Waals surface area contributed by atoms with Crippen LogP contribution in [-0.2, 0) is 4.79 Å². The molecule has 3 nitrogen and oxygen atoms in total. The van der Waals surface area contributed by atoms with Gasteiger partial charge in [0, 0.05) is 22.3 Å². The highest BCUT2D eigenvalue weighted by atomic mass is 79.9. The number of thioether (sulfide) groups is 1. The van der Waals surface area contributed by atoms with Crippen molar-refractivity contribution in [3.05, 3.63) is 22.7 Å². The normalized spacial score (nSPS) is 16.5. The van der Waals surface area contributed by atoms with Crippen LogP contribution in [0.2, 0.25) is 0 Å². The number of carbonyl (C=O) groups is 1. The molecule has 0 aliphatic carbocycles. The van der Waals surface area contributed by atoms with Crippen molar-refractivity contribution in [1.29, 1.82) is 0 Å². The van der Waals surface area contributed by atoms with Crippen molar-refractivity contribution in [2.75, 3.05) is 22.6 Å². The topological polar surface area (TPSA) is 55.1 Å². The number of benzene rings is 1. The predicted molar refractivity (Wildman–Crippen MR) is 81.9 cm³/mol. The Morgan fingerprint density at radius 2 is 2.17 bits per heavy atom. The molecule has 1 aromatic rings. The van der Waals surface area contributed by atoms with E-state index < -0.39 is 0 Å². The van der Waals surface area contributed by atoms with E-state index in [2.05, 4.69) is 21.2 Å². The van der Waals surface area contributed by atoms with Crippen molar-refractivity contribution in [2.45, 2.75) is 19.3 Å². The minimum Gasteiger partial charge on any atom is -0.398 e. The smallest absolute Gasteiger partial charge is 0.224 e. The van der Waals surface area contributed by atoms with Crippen molar-refractivity contribution in [2.24, 2.45) is 5.92 Å². The van der Waals surface area contributed by atoms with Gasteiger partial charge < -0.3 is 11.1 Å². The minimum absolute atomic E-state index is 0.101. The summed E-state index contributed by atoms with van der Waals surface area (Å²) in [6.07, 6.45) is 2.94. The molecule has 1 aliphatic heterocycles. The zero-order chi connectivity index (χ0) is 13.0. The molecule has 0 unspecified atom stereocenters. The van der Waals surface area contributed by atoms with Gasteiger partial charge in [0.05, 0.1) is 0 Å².